The molecule has 0 radical (unpaired) electrons. The quantitative estimate of drug-likeness (QED) is 0.855. The average molecular weight is 225 g/mol. The molecule has 4 heteroatoms. The fourth-order valence-corrected chi connectivity index (χ4v) is 1.79. The van der Waals surface area contributed by atoms with E-state index in [9.17, 15) is 4.39 Å². The molecule has 1 unspecified atom stereocenters. The number of halogens is 1. The maximum Gasteiger partial charge on any atom is 0.161 e. The van der Waals surface area contributed by atoms with Crippen LogP contribution in [0.15, 0.2) is 18.2 Å². The van der Waals surface area contributed by atoms with Gasteiger partial charge < -0.3 is 15.2 Å². The van der Waals surface area contributed by atoms with Crippen molar-refractivity contribution in [3.05, 3.63) is 23.8 Å². The first-order chi connectivity index (χ1) is 7.69. The minimum absolute atomic E-state index is 0.0247. The molecule has 0 fully saturated rings. The first-order valence-corrected chi connectivity index (χ1v) is 5.49. The number of rotatable bonds is 3. The molecule has 1 aliphatic heterocycles. The second-order valence-electron chi connectivity index (χ2n) is 3.88. The smallest absolute Gasteiger partial charge is 0.161 e. The molecule has 0 spiro atoms. The van der Waals surface area contributed by atoms with Crippen molar-refractivity contribution in [1.82, 2.24) is 0 Å². The van der Waals surface area contributed by atoms with Crippen LogP contribution in [0.5, 0.6) is 11.5 Å². The van der Waals surface area contributed by atoms with Crippen molar-refractivity contribution in [1.29, 1.82) is 0 Å². The summed E-state index contributed by atoms with van der Waals surface area (Å²) in [6, 6.07) is 5.14. The topological polar surface area (TPSA) is 44.5 Å². The normalized spacial score (nSPS) is 17.9. The van der Waals surface area contributed by atoms with Gasteiger partial charge in [-0.1, -0.05) is 13.0 Å². The number of benzene rings is 1. The Balaban J connectivity index is 2.36. The zero-order valence-electron chi connectivity index (χ0n) is 9.33. The monoisotopic (exact) mass is 225 g/mol. The molecule has 0 saturated heterocycles. The van der Waals surface area contributed by atoms with E-state index in [4.69, 9.17) is 15.2 Å². The third-order valence-electron chi connectivity index (χ3n) is 2.94. The molecule has 1 atom stereocenters. The Morgan fingerprint density at radius 3 is 2.62 bits per heavy atom. The molecule has 88 valence electrons. The molecule has 3 nitrogen and oxygen atoms in total. The number of hydrogen-bond acceptors (Lipinski definition) is 3. The van der Waals surface area contributed by atoms with Crippen LogP contribution < -0.4 is 15.2 Å². The van der Waals surface area contributed by atoms with Gasteiger partial charge >= 0.3 is 0 Å². The maximum absolute atomic E-state index is 14.3. The van der Waals surface area contributed by atoms with Crippen LogP contribution >= 0.6 is 0 Å². The van der Waals surface area contributed by atoms with E-state index in [0.717, 1.165) is 0 Å². The van der Waals surface area contributed by atoms with Crippen LogP contribution in [0.4, 0.5) is 4.39 Å². The van der Waals surface area contributed by atoms with Gasteiger partial charge in [-0.3, -0.25) is 0 Å². The fourth-order valence-electron chi connectivity index (χ4n) is 1.79. The SMILES string of the molecule is CCC(F)(CN)c1ccc2c(c1)OCCO2. The molecule has 2 rings (SSSR count). The fraction of sp³-hybridized carbons (Fsp3) is 0.500. The third kappa shape index (κ3) is 1.85. The van der Waals surface area contributed by atoms with E-state index in [-0.39, 0.29) is 6.54 Å². The van der Waals surface area contributed by atoms with E-state index in [1.165, 1.54) is 0 Å². The molecular weight excluding hydrogens is 209 g/mol. The van der Waals surface area contributed by atoms with E-state index >= 15 is 0 Å². The first kappa shape index (κ1) is 11.2. The highest BCUT2D eigenvalue weighted by atomic mass is 19.1. The molecule has 1 aromatic carbocycles. The Morgan fingerprint density at radius 2 is 2.00 bits per heavy atom. The molecule has 1 aromatic rings. The largest absolute Gasteiger partial charge is 0.486 e. The van der Waals surface area contributed by atoms with Gasteiger partial charge in [0.1, 0.15) is 18.9 Å². The predicted molar refractivity (Wildman–Crippen MR) is 59.6 cm³/mol. The van der Waals surface area contributed by atoms with Gasteiger partial charge in [0.05, 0.1) is 0 Å². The summed E-state index contributed by atoms with van der Waals surface area (Å²) >= 11 is 0. The standard InChI is InChI=1S/C12H16FNO2/c1-2-12(13,8-14)9-3-4-10-11(7-9)16-6-5-15-10/h3-4,7H,2,5-6,8,14H2,1H3. The number of alkyl halides is 1. The number of nitrogens with two attached hydrogens (primary N) is 1. The zero-order chi connectivity index (χ0) is 11.6. The lowest BCUT2D eigenvalue weighted by molar-refractivity contribution is 0.159. The number of fused-ring (bicyclic) bond motifs is 1. The van der Waals surface area contributed by atoms with Gasteiger partial charge in [-0.15, -0.1) is 0 Å². The molecule has 1 heterocycles. The van der Waals surface area contributed by atoms with Crippen LogP contribution in [-0.2, 0) is 5.67 Å². The highest BCUT2D eigenvalue weighted by Crippen LogP contribution is 2.36. The van der Waals surface area contributed by atoms with Gasteiger partial charge in [-0.25, -0.2) is 4.39 Å². The van der Waals surface area contributed by atoms with Crippen molar-refractivity contribution in [2.45, 2.75) is 19.0 Å². The number of ether oxygens (including phenoxy) is 2. The molecule has 2 N–H and O–H groups in total. The van der Waals surface area contributed by atoms with E-state index < -0.39 is 5.67 Å². The van der Waals surface area contributed by atoms with Gasteiger partial charge in [0.25, 0.3) is 0 Å². The summed E-state index contributed by atoms with van der Waals surface area (Å²) < 4.78 is 25.1. The highest BCUT2D eigenvalue weighted by Gasteiger charge is 2.29. The van der Waals surface area contributed by atoms with Crippen LogP contribution in [-0.4, -0.2) is 19.8 Å². The predicted octanol–water partition coefficient (Wildman–Crippen LogP) is 1.99. The van der Waals surface area contributed by atoms with E-state index in [0.29, 0.717) is 36.7 Å². The molecule has 1 aliphatic rings. The molecule has 0 bridgehead atoms. The summed E-state index contributed by atoms with van der Waals surface area (Å²) in [5.74, 6) is 1.28. The van der Waals surface area contributed by atoms with Crippen molar-refractivity contribution in [3.8, 4) is 11.5 Å². The molecule has 0 saturated carbocycles. The van der Waals surface area contributed by atoms with Crippen LogP contribution in [0.2, 0.25) is 0 Å². The molecule has 0 aromatic heterocycles. The van der Waals surface area contributed by atoms with Crippen molar-refractivity contribution in [3.63, 3.8) is 0 Å². The number of hydrogen-bond donors (Lipinski definition) is 1. The Labute approximate surface area is 94.3 Å². The average Bonchev–Trinajstić information content (AvgIpc) is 2.37. The van der Waals surface area contributed by atoms with Gasteiger partial charge in [-0.05, 0) is 24.1 Å². The Bertz CT molecular complexity index is 377. The van der Waals surface area contributed by atoms with Gasteiger partial charge in [-0.2, -0.15) is 0 Å². The van der Waals surface area contributed by atoms with E-state index in [2.05, 4.69) is 0 Å². The summed E-state index contributed by atoms with van der Waals surface area (Å²) in [6.07, 6.45) is 0.350. The first-order valence-electron chi connectivity index (χ1n) is 5.49. The van der Waals surface area contributed by atoms with E-state index in [1.54, 1.807) is 25.1 Å². The lowest BCUT2D eigenvalue weighted by Gasteiger charge is -2.25. The van der Waals surface area contributed by atoms with Crippen LogP contribution in [0.3, 0.4) is 0 Å². The molecule has 0 amide bonds. The van der Waals surface area contributed by atoms with E-state index in [1.807, 2.05) is 0 Å². The lowest BCUT2D eigenvalue weighted by atomic mass is 9.93. The molecule has 0 aliphatic carbocycles. The third-order valence-corrected chi connectivity index (χ3v) is 2.94. The minimum atomic E-state index is -1.48. The van der Waals surface area contributed by atoms with Crippen molar-refractivity contribution < 1.29 is 13.9 Å². The van der Waals surface area contributed by atoms with Crippen molar-refractivity contribution in [2.24, 2.45) is 5.73 Å². The Hall–Kier alpha value is -1.29. The maximum atomic E-state index is 14.3. The van der Waals surface area contributed by atoms with Crippen molar-refractivity contribution >= 4 is 0 Å². The Kier molecular flexibility index (Phi) is 3.01. The second-order valence-corrected chi connectivity index (χ2v) is 3.88. The van der Waals surface area contributed by atoms with Gasteiger partial charge in [0.15, 0.2) is 11.5 Å². The molecule has 16 heavy (non-hydrogen) atoms. The highest BCUT2D eigenvalue weighted by molar-refractivity contribution is 5.45. The minimum Gasteiger partial charge on any atom is -0.486 e. The van der Waals surface area contributed by atoms with Gasteiger partial charge in [0, 0.05) is 6.54 Å². The van der Waals surface area contributed by atoms with Crippen LogP contribution in [0.25, 0.3) is 0 Å². The summed E-state index contributed by atoms with van der Waals surface area (Å²) in [4.78, 5) is 0. The molecular formula is C12H16FNO2. The summed E-state index contributed by atoms with van der Waals surface area (Å²) in [7, 11) is 0. The van der Waals surface area contributed by atoms with Crippen molar-refractivity contribution in [2.75, 3.05) is 19.8 Å². The Morgan fingerprint density at radius 1 is 1.31 bits per heavy atom. The summed E-state index contributed by atoms with van der Waals surface area (Å²) in [5.41, 5.74) is 4.56. The lowest BCUT2D eigenvalue weighted by Crippen LogP contribution is -2.29. The summed E-state index contributed by atoms with van der Waals surface area (Å²) in [5, 5.41) is 0. The summed E-state index contributed by atoms with van der Waals surface area (Å²) in [6.45, 7) is 2.80. The van der Waals surface area contributed by atoms with Crippen LogP contribution in [0, 0.1) is 0 Å². The zero-order valence-corrected chi connectivity index (χ0v) is 9.33. The van der Waals surface area contributed by atoms with Crippen LogP contribution in [0.1, 0.15) is 18.9 Å². The second kappa shape index (κ2) is 4.29. The van der Waals surface area contributed by atoms with Gasteiger partial charge in [0.2, 0.25) is 0 Å².